The van der Waals surface area contributed by atoms with E-state index >= 15 is 0 Å². The summed E-state index contributed by atoms with van der Waals surface area (Å²) in [5.41, 5.74) is 0. The summed E-state index contributed by atoms with van der Waals surface area (Å²) in [4.78, 5) is 11.2. The van der Waals surface area contributed by atoms with Gasteiger partial charge in [0.2, 0.25) is 5.91 Å². The van der Waals surface area contributed by atoms with Crippen molar-refractivity contribution >= 4 is 15.7 Å². The van der Waals surface area contributed by atoms with Gasteiger partial charge in [-0.2, -0.15) is 0 Å². The standard InChI is InChI=1S/C8H15FN2O3S/c1-15(13,14)3-2-8(12)11-7-5-10-4-6(7)9/h6-7,10H,2-5H2,1H3,(H,11,12)/t6-,7-/m1/s1. The predicted octanol–water partition coefficient (Wildman–Crippen LogP) is -1.15. The first-order valence-electron chi connectivity index (χ1n) is 4.70. The van der Waals surface area contributed by atoms with E-state index in [1.807, 2.05) is 0 Å². The van der Waals surface area contributed by atoms with E-state index in [4.69, 9.17) is 0 Å². The molecule has 1 amide bonds. The average Bonchev–Trinajstić information content (AvgIpc) is 2.47. The van der Waals surface area contributed by atoms with Crippen LogP contribution in [0.3, 0.4) is 0 Å². The zero-order valence-electron chi connectivity index (χ0n) is 8.49. The van der Waals surface area contributed by atoms with Gasteiger partial charge < -0.3 is 10.6 Å². The van der Waals surface area contributed by atoms with Crippen LogP contribution in [0, 0.1) is 0 Å². The van der Waals surface area contributed by atoms with Crippen LogP contribution >= 0.6 is 0 Å². The molecule has 0 radical (unpaired) electrons. The first-order chi connectivity index (χ1) is 6.88. The summed E-state index contributed by atoms with van der Waals surface area (Å²) < 4.78 is 34.6. The van der Waals surface area contributed by atoms with Crippen molar-refractivity contribution in [2.45, 2.75) is 18.6 Å². The quantitative estimate of drug-likeness (QED) is 0.648. The molecule has 0 bridgehead atoms. The number of sulfone groups is 1. The Morgan fingerprint density at radius 1 is 1.53 bits per heavy atom. The SMILES string of the molecule is CS(=O)(=O)CCC(=O)N[C@@H]1CNC[C@H]1F. The lowest BCUT2D eigenvalue weighted by Gasteiger charge is -2.13. The third-order valence-corrected chi connectivity index (χ3v) is 3.13. The molecule has 15 heavy (non-hydrogen) atoms. The Labute approximate surface area is 88.3 Å². The van der Waals surface area contributed by atoms with Crippen LogP contribution in [0.1, 0.15) is 6.42 Å². The fourth-order valence-electron chi connectivity index (χ4n) is 1.35. The maximum Gasteiger partial charge on any atom is 0.221 e. The first kappa shape index (κ1) is 12.4. The van der Waals surface area contributed by atoms with Crippen molar-refractivity contribution in [2.75, 3.05) is 25.1 Å². The van der Waals surface area contributed by atoms with Gasteiger partial charge in [0.1, 0.15) is 16.0 Å². The number of carbonyl (C=O) groups excluding carboxylic acids is 1. The van der Waals surface area contributed by atoms with Gasteiger partial charge in [-0.05, 0) is 0 Å². The third-order valence-electron chi connectivity index (χ3n) is 2.19. The van der Waals surface area contributed by atoms with Crippen molar-refractivity contribution in [1.29, 1.82) is 0 Å². The number of amides is 1. The van der Waals surface area contributed by atoms with Gasteiger partial charge in [-0.25, -0.2) is 12.8 Å². The first-order valence-corrected chi connectivity index (χ1v) is 6.76. The van der Waals surface area contributed by atoms with Gasteiger partial charge in [-0.15, -0.1) is 0 Å². The van der Waals surface area contributed by atoms with Crippen molar-refractivity contribution in [3.8, 4) is 0 Å². The molecule has 1 rings (SSSR count). The molecule has 0 aromatic carbocycles. The van der Waals surface area contributed by atoms with Crippen LogP contribution in [0.15, 0.2) is 0 Å². The molecular weight excluding hydrogens is 223 g/mol. The number of rotatable bonds is 4. The van der Waals surface area contributed by atoms with E-state index in [2.05, 4.69) is 10.6 Å². The Bertz CT molecular complexity index is 331. The van der Waals surface area contributed by atoms with E-state index in [-0.39, 0.29) is 18.7 Å². The summed E-state index contributed by atoms with van der Waals surface area (Å²) in [5.74, 6) is -0.618. The minimum absolute atomic E-state index is 0.109. The minimum Gasteiger partial charge on any atom is -0.349 e. The minimum atomic E-state index is -3.14. The lowest BCUT2D eigenvalue weighted by molar-refractivity contribution is -0.121. The van der Waals surface area contributed by atoms with Crippen molar-refractivity contribution in [3.05, 3.63) is 0 Å². The van der Waals surface area contributed by atoms with Crippen LogP contribution in [0.25, 0.3) is 0 Å². The largest absolute Gasteiger partial charge is 0.349 e. The Morgan fingerprint density at radius 3 is 2.67 bits per heavy atom. The van der Waals surface area contributed by atoms with Crippen LogP contribution in [-0.2, 0) is 14.6 Å². The summed E-state index contributed by atoms with van der Waals surface area (Å²) in [6.45, 7) is 0.628. The molecule has 88 valence electrons. The fraction of sp³-hybridized carbons (Fsp3) is 0.875. The molecule has 7 heteroatoms. The van der Waals surface area contributed by atoms with Gasteiger partial charge in [-0.1, -0.05) is 0 Å². The lowest BCUT2D eigenvalue weighted by atomic mass is 10.2. The second kappa shape index (κ2) is 4.89. The number of hydrogen-bond donors (Lipinski definition) is 2. The Hall–Kier alpha value is -0.690. The third kappa shape index (κ3) is 4.57. The van der Waals surface area contributed by atoms with Crippen LogP contribution in [0.4, 0.5) is 4.39 Å². The molecule has 0 saturated carbocycles. The van der Waals surface area contributed by atoms with Gasteiger partial charge in [0.15, 0.2) is 0 Å². The molecule has 0 aromatic rings. The van der Waals surface area contributed by atoms with Crippen molar-refractivity contribution in [2.24, 2.45) is 0 Å². The molecule has 0 spiro atoms. The van der Waals surface area contributed by atoms with Crippen molar-refractivity contribution in [3.63, 3.8) is 0 Å². The van der Waals surface area contributed by atoms with E-state index in [9.17, 15) is 17.6 Å². The maximum absolute atomic E-state index is 13.0. The Kier molecular flexibility index (Phi) is 4.04. The predicted molar refractivity (Wildman–Crippen MR) is 54.0 cm³/mol. The monoisotopic (exact) mass is 238 g/mol. The van der Waals surface area contributed by atoms with Gasteiger partial charge >= 0.3 is 0 Å². The highest BCUT2D eigenvalue weighted by Gasteiger charge is 2.27. The molecule has 2 N–H and O–H groups in total. The average molecular weight is 238 g/mol. The molecule has 1 fully saturated rings. The highest BCUT2D eigenvalue weighted by Crippen LogP contribution is 2.04. The molecule has 0 aliphatic carbocycles. The Balaban J connectivity index is 2.30. The van der Waals surface area contributed by atoms with Crippen molar-refractivity contribution in [1.82, 2.24) is 10.6 Å². The fourth-order valence-corrected chi connectivity index (χ4v) is 1.90. The van der Waals surface area contributed by atoms with E-state index in [1.165, 1.54) is 0 Å². The number of nitrogens with one attached hydrogen (secondary N) is 2. The molecule has 0 unspecified atom stereocenters. The van der Waals surface area contributed by atoms with Crippen LogP contribution in [0.5, 0.6) is 0 Å². The zero-order chi connectivity index (χ0) is 11.5. The normalized spacial score (nSPS) is 26.5. The Morgan fingerprint density at radius 2 is 2.20 bits per heavy atom. The lowest BCUT2D eigenvalue weighted by Crippen LogP contribution is -2.41. The summed E-state index contributed by atoms with van der Waals surface area (Å²) in [5, 5.41) is 5.25. The molecule has 2 atom stereocenters. The van der Waals surface area contributed by atoms with Gasteiger partial charge in [0.25, 0.3) is 0 Å². The molecular formula is C8H15FN2O3S. The summed E-state index contributed by atoms with van der Waals surface area (Å²) in [7, 11) is -3.14. The molecule has 1 aliphatic heterocycles. The van der Waals surface area contributed by atoms with E-state index in [0.29, 0.717) is 6.54 Å². The number of hydrogen-bond acceptors (Lipinski definition) is 4. The second-order valence-corrected chi connectivity index (χ2v) is 5.99. The summed E-state index contributed by atoms with van der Waals surface area (Å²) in [6.07, 6.45) is -0.135. The topological polar surface area (TPSA) is 75.3 Å². The van der Waals surface area contributed by atoms with E-state index in [0.717, 1.165) is 6.26 Å². The van der Waals surface area contributed by atoms with Gasteiger partial charge in [0, 0.05) is 25.8 Å². The van der Waals surface area contributed by atoms with Crippen LogP contribution in [-0.4, -0.2) is 51.6 Å². The van der Waals surface area contributed by atoms with Crippen LogP contribution in [0.2, 0.25) is 0 Å². The summed E-state index contributed by atoms with van der Waals surface area (Å²) in [6, 6.07) is -0.530. The summed E-state index contributed by atoms with van der Waals surface area (Å²) >= 11 is 0. The van der Waals surface area contributed by atoms with E-state index < -0.39 is 28.0 Å². The maximum atomic E-state index is 13.0. The van der Waals surface area contributed by atoms with Crippen LogP contribution < -0.4 is 10.6 Å². The second-order valence-electron chi connectivity index (χ2n) is 3.73. The number of alkyl halides is 1. The zero-order valence-corrected chi connectivity index (χ0v) is 9.31. The van der Waals surface area contributed by atoms with Gasteiger partial charge in [-0.3, -0.25) is 4.79 Å². The van der Waals surface area contributed by atoms with Gasteiger partial charge in [0.05, 0.1) is 11.8 Å². The highest BCUT2D eigenvalue weighted by molar-refractivity contribution is 7.90. The van der Waals surface area contributed by atoms with E-state index in [1.54, 1.807) is 0 Å². The highest BCUT2D eigenvalue weighted by atomic mass is 32.2. The molecule has 1 heterocycles. The molecule has 0 aromatic heterocycles. The number of carbonyl (C=O) groups is 1. The molecule has 5 nitrogen and oxygen atoms in total. The molecule has 1 aliphatic rings. The van der Waals surface area contributed by atoms with Crippen molar-refractivity contribution < 1.29 is 17.6 Å². The smallest absolute Gasteiger partial charge is 0.221 e. The number of halogens is 1. The molecule has 1 saturated heterocycles.